The van der Waals surface area contributed by atoms with Crippen molar-refractivity contribution in [3.05, 3.63) is 60.3 Å². The molecule has 1 saturated heterocycles. The highest BCUT2D eigenvalue weighted by Crippen LogP contribution is 2.19. The molecular formula is C22H24N4O2. The van der Waals surface area contributed by atoms with Crippen LogP contribution >= 0.6 is 0 Å². The van der Waals surface area contributed by atoms with Crippen molar-refractivity contribution < 1.29 is 9.53 Å². The first-order valence-corrected chi connectivity index (χ1v) is 9.70. The molecule has 3 aromatic rings. The van der Waals surface area contributed by atoms with Gasteiger partial charge in [0.15, 0.2) is 6.61 Å². The van der Waals surface area contributed by atoms with E-state index < -0.39 is 0 Å². The molecule has 0 bridgehead atoms. The number of ether oxygens (including phenoxy) is 1. The van der Waals surface area contributed by atoms with Crippen LogP contribution in [-0.4, -0.2) is 53.6 Å². The molecule has 0 radical (unpaired) electrons. The average Bonchev–Trinajstić information content (AvgIpc) is 2.77. The lowest BCUT2D eigenvalue weighted by molar-refractivity contribution is -0.133. The quantitative estimate of drug-likeness (QED) is 0.685. The smallest absolute Gasteiger partial charge is 0.260 e. The number of rotatable bonds is 5. The van der Waals surface area contributed by atoms with Gasteiger partial charge in [-0.05, 0) is 30.2 Å². The van der Waals surface area contributed by atoms with E-state index in [0.717, 1.165) is 47.7 Å². The number of carbonyl (C=O) groups excluding carboxylic acids is 1. The highest BCUT2D eigenvalue weighted by molar-refractivity contribution is 5.78. The van der Waals surface area contributed by atoms with Gasteiger partial charge in [-0.15, -0.1) is 0 Å². The fraction of sp³-hybridized carbons (Fsp3) is 0.318. The fourth-order valence-corrected chi connectivity index (χ4v) is 3.45. The molecule has 0 N–H and O–H groups in total. The lowest BCUT2D eigenvalue weighted by Crippen LogP contribution is -2.50. The number of anilines is 1. The fourth-order valence-electron chi connectivity index (χ4n) is 3.45. The maximum atomic E-state index is 12.5. The number of hydrogen-bond donors (Lipinski definition) is 0. The van der Waals surface area contributed by atoms with Crippen LogP contribution in [0.25, 0.3) is 11.0 Å². The maximum Gasteiger partial charge on any atom is 0.260 e. The van der Waals surface area contributed by atoms with Crippen molar-refractivity contribution in [1.29, 1.82) is 0 Å². The zero-order chi connectivity index (χ0) is 19.3. The minimum absolute atomic E-state index is 0.0233. The number of benzene rings is 2. The predicted octanol–water partition coefficient (Wildman–Crippen LogP) is 2.92. The van der Waals surface area contributed by atoms with Gasteiger partial charge in [-0.2, -0.15) is 0 Å². The Balaban J connectivity index is 1.33. The van der Waals surface area contributed by atoms with E-state index in [0.29, 0.717) is 13.1 Å². The molecule has 0 spiro atoms. The van der Waals surface area contributed by atoms with Crippen molar-refractivity contribution in [2.45, 2.75) is 13.3 Å². The third kappa shape index (κ3) is 3.91. The van der Waals surface area contributed by atoms with E-state index >= 15 is 0 Å². The van der Waals surface area contributed by atoms with Crippen molar-refractivity contribution in [2.75, 3.05) is 37.7 Å². The van der Waals surface area contributed by atoms with Crippen LogP contribution in [0.5, 0.6) is 5.75 Å². The van der Waals surface area contributed by atoms with Gasteiger partial charge >= 0.3 is 0 Å². The average molecular weight is 376 g/mol. The second kappa shape index (κ2) is 8.25. The first kappa shape index (κ1) is 18.2. The number of piperazine rings is 1. The Morgan fingerprint density at radius 3 is 2.50 bits per heavy atom. The van der Waals surface area contributed by atoms with Gasteiger partial charge < -0.3 is 14.5 Å². The van der Waals surface area contributed by atoms with Crippen LogP contribution in [0, 0.1) is 0 Å². The molecule has 1 aliphatic heterocycles. The van der Waals surface area contributed by atoms with Gasteiger partial charge in [-0.1, -0.05) is 37.3 Å². The number of hydrogen-bond acceptors (Lipinski definition) is 5. The molecule has 0 atom stereocenters. The molecule has 1 aromatic heterocycles. The van der Waals surface area contributed by atoms with Crippen molar-refractivity contribution >= 4 is 22.8 Å². The van der Waals surface area contributed by atoms with Crippen LogP contribution in [0.4, 0.5) is 5.82 Å². The standard InChI is InChI=1S/C22H24N4O2/c1-2-17-7-3-6-10-20(17)28-16-22(27)26-13-11-25(12-14-26)21-15-23-18-8-4-5-9-19(18)24-21/h3-10,15H,2,11-14,16H2,1H3. The van der Waals surface area contributed by atoms with Crippen LogP contribution in [0.2, 0.25) is 0 Å². The van der Waals surface area contributed by atoms with Crippen LogP contribution < -0.4 is 9.64 Å². The topological polar surface area (TPSA) is 58.6 Å². The molecule has 2 aromatic carbocycles. The first-order chi connectivity index (χ1) is 13.7. The van der Waals surface area contributed by atoms with Gasteiger partial charge in [-0.3, -0.25) is 9.78 Å². The summed E-state index contributed by atoms with van der Waals surface area (Å²) in [5.41, 5.74) is 2.90. The summed E-state index contributed by atoms with van der Waals surface area (Å²) in [5.74, 6) is 1.68. The van der Waals surface area contributed by atoms with E-state index in [-0.39, 0.29) is 12.5 Å². The Hall–Kier alpha value is -3.15. The van der Waals surface area contributed by atoms with E-state index in [4.69, 9.17) is 9.72 Å². The Kier molecular flexibility index (Phi) is 5.37. The maximum absolute atomic E-state index is 12.5. The Labute approximate surface area is 164 Å². The highest BCUT2D eigenvalue weighted by atomic mass is 16.5. The van der Waals surface area contributed by atoms with Gasteiger partial charge in [0.1, 0.15) is 11.6 Å². The van der Waals surface area contributed by atoms with Gasteiger partial charge in [-0.25, -0.2) is 4.98 Å². The molecular weight excluding hydrogens is 352 g/mol. The molecule has 1 fully saturated rings. The van der Waals surface area contributed by atoms with Gasteiger partial charge in [0.05, 0.1) is 17.2 Å². The summed E-state index contributed by atoms with van der Waals surface area (Å²) >= 11 is 0. The van der Waals surface area contributed by atoms with Gasteiger partial charge in [0.2, 0.25) is 0 Å². The summed E-state index contributed by atoms with van der Waals surface area (Å²) in [6.45, 7) is 4.96. The largest absolute Gasteiger partial charge is 0.483 e. The van der Waals surface area contributed by atoms with Crippen LogP contribution in [0.1, 0.15) is 12.5 Å². The lowest BCUT2D eigenvalue weighted by Gasteiger charge is -2.35. The van der Waals surface area contributed by atoms with Gasteiger partial charge in [0, 0.05) is 26.2 Å². The summed E-state index contributed by atoms with van der Waals surface area (Å²) in [6, 6.07) is 15.7. The Bertz CT molecular complexity index is 967. The molecule has 144 valence electrons. The normalized spacial score (nSPS) is 14.3. The first-order valence-electron chi connectivity index (χ1n) is 9.70. The molecule has 0 unspecified atom stereocenters. The summed E-state index contributed by atoms with van der Waals surface area (Å²) in [6.07, 6.45) is 2.69. The number of fused-ring (bicyclic) bond motifs is 1. The number of para-hydroxylation sites is 3. The second-order valence-corrected chi connectivity index (χ2v) is 6.83. The van der Waals surface area contributed by atoms with Crippen LogP contribution in [0.15, 0.2) is 54.7 Å². The number of aryl methyl sites for hydroxylation is 1. The molecule has 1 amide bonds. The summed E-state index contributed by atoms with van der Waals surface area (Å²) < 4.78 is 5.78. The minimum atomic E-state index is 0.0233. The van der Waals surface area contributed by atoms with Crippen molar-refractivity contribution in [3.63, 3.8) is 0 Å². The highest BCUT2D eigenvalue weighted by Gasteiger charge is 2.22. The summed E-state index contributed by atoms with van der Waals surface area (Å²) in [5, 5.41) is 0. The van der Waals surface area contributed by atoms with Crippen LogP contribution in [-0.2, 0) is 11.2 Å². The third-order valence-electron chi connectivity index (χ3n) is 5.10. The Morgan fingerprint density at radius 2 is 1.71 bits per heavy atom. The molecule has 4 rings (SSSR count). The molecule has 0 saturated carbocycles. The Morgan fingerprint density at radius 1 is 1.00 bits per heavy atom. The van der Waals surface area contributed by atoms with Crippen molar-refractivity contribution in [3.8, 4) is 5.75 Å². The number of aromatic nitrogens is 2. The molecule has 0 aliphatic carbocycles. The summed E-state index contributed by atoms with van der Waals surface area (Å²) in [4.78, 5) is 25.8. The number of carbonyl (C=O) groups is 1. The van der Waals surface area contributed by atoms with Crippen LogP contribution in [0.3, 0.4) is 0 Å². The van der Waals surface area contributed by atoms with Gasteiger partial charge in [0.25, 0.3) is 5.91 Å². The lowest BCUT2D eigenvalue weighted by atomic mass is 10.1. The summed E-state index contributed by atoms with van der Waals surface area (Å²) in [7, 11) is 0. The minimum Gasteiger partial charge on any atom is -0.483 e. The van der Waals surface area contributed by atoms with E-state index in [1.165, 1.54) is 0 Å². The zero-order valence-electron chi connectivity index (χ0n) is 16.0. The second-order valence-electron chi connectivity index (χ2n) is 6.83. The van der Waals surface area contributed by atoms with E-state index in [1.54, 1.807) is 0 Å². The zero-order valence-corrected chi connectivity index (χ0v) is 16.0. The molecule has 6 heteroatoms. The van der Waals surface area contributed by atoms with E-state index in [2.05, 4.69) is 16.8 Å². The van der Waals surface area contributed by atoms with Crippen molar-refractivity contribution in [2.24, 2.45) is 0 Å². The molecule has 2 heterocycles. The SMILES string of the molecule is CCc1ccccc1OCC(=O)N1CCN(c2cnc3ccccc3n2)CC1. The number of amides is 1. The molecule has 1 aliphatic rings. The van der Waals surface area contributed by atoms with E-state index in [1.807, 2.05) is 59.6 Å². The predicted molar refractivity (Wildman–Crippen MR) is 110 cm³/mol. The third-order valence-corrected chi connectivity index (χ3v) is 5.10. The monoisotopic (exact) mass is 376 g/mol. The molecule has 6 nitrogen and oxygen atoms in total. The number of nitrogens with zero attached hydrogens (tertiary/aromatic N) is 4. The van der Waals surface area contributed by atoms with Crippen molar-refractivity contribution in [1.82, 2.24) is 14.9 Å². The molecule has 28 heavy (non-hydrogen) atoms. The van der Waals surface area contributed by atoms with E-state index in [9.17, 15) is 4.79 Å².